The molecular formula is C13H23NO5. The van der Waals surface area contributed by atoms with E-state index in [1.54, 1.807) is 27.7 Å². The number of morpholine rings is 1. The van der Waals surface area contributed by atoms with E-state index in [4.69, 9.17) is 14.6 Å². The van der Waals surface area contributed by atoms with Crippen molar-refractivity contribution < 1.29 is 24.2 Å². The second-order valence-corrected chi connectivity index (χ2v) is 5.69. The van der Waals surface area contributed by atoms with Crippen LogP contribution in [-0.2, 0) is 14.3 Å². The van der Waals surface area contributed by atoms with Crippen LogP contribution in [0.4, 0.5) is 4.79 Å². The topological polar surface area (TPSA) is 76.1 Å². The van der Waals surface area contributed by atoms with Crippen LogP contribution in [0.5, 0.6) is 0 Å². The van der Waals surface area contributed by atoms with Gasteiger partial charge in [-0.1, -0.05) is 6.92 Å². The Balaban J connectivity index is 2.64. The Kier molecular flexibility index (Phi) is 5.17. The summed E-state index contributed by atoms with van der Waals surface area (Å²) in [7, 11) is 0. The van der Waals surface area contributed by atoms with Gasteiger partial charge in [-0.05, 0) is 27.2 Å². The van der Waals surface area contributed by atoms with E-state index in [0.717, 1.165) is 0 Å². The first-order valence-corrected chi connectivity index (χ1v) is 6.57. The van der Waals surface area contributed by atoms with E-state index in [1.165, 1.54) is 4.90 Å². The van der Waals surface area contributed by atoms with Gasteiger partial charge in [0.15, 0.2) is 0 Å². The molecule has 1 amide bonds. The van der Waals surface area contributed by atoms with Crippen molar-refractivity contribution in [2.45, 2.75) is 45.8 Å². The summed E-state index contributed by atoms with van der Waals surface area (Å²) in [4.78, 5) is 24.6. The molecule has 1 aliphatic rings. The molecule has 1 saturated heterocycles. The van der Waals surface area contributed by atoms with Gasteiger partial charge >= 0.3 is 12.1 Å². The molecule has 0 aliphatic carbocycles. The summed E-state index contributed by atoms with van der Waals surface area (Å²) in [5, 5.41) is 9.12. The maximum Gasteiger partial charge on any atom is 0.410 e. The number of hydrogen-bond donors (Lipinski definition) is 1. The third-order valence-electron chi connectivity index (χ3n) is 2.95. The standard InChI is InChI=1S/C13H23NO5/c1-5-9(11(15)16)10-8-14(6-7-18-10)12(17)19-13(2,3)4/h9-10H,5-8H2,1-4H3,(H,15,16). The van der Waals surface area contributed by atoms with Crippen LogP contribution in [0.3, 0.4) is 0 Å². The van der Waals surface area contributed by atoms with E-state index < -0.39 is 29.7 Å². The minimum absolute atomic E-state index is 0.264. The molecule has 0 aromatic heterocycles. The molecule has 1 heterocycles. The lowest BCUT2D eigenvalue weighted by molar-refractivity contribution is -0.151. The first-order valence-electron chi connectivity index (χ1n) is 6.57. The van der Waals surface area contributed by atoms with Gasteiger partial charge in [0.25, 0.3) is 0 Å². The Hall–Kier alpha value is -1.30. The van der Waals surface area contributed by atoms with Gasteiger partial charge in [-0.25, -0.2) is 4.79 Å². The highest BCUT2D eigenvalue weighted by atomic mass is 16.6. The SMILES string of the molecule is CCC(C(=O)O)C1CN(C(=O)OC(C)(C)C)CCO1. The van der Waals surface area contributed by atoms with Crippen LogP contribution in [0, 0.1) is 5.92 Å². The number of amides is 1. The highest BCUT2D eigenvalue weighted by Gasteiger charge is 2.34. The summed E-state index contributed by atoms with van der Waals surface area (Å²) in [6.45, 7) is 8.24. The molecule has 110 valence electrons. The van der Waals surface area contributed by atoms with Gasteiger partial charge in [-0.3, -0.25) is 4.79 Å². The number of carbonyl (C=O) groups is 2. The predicted octanol–water partition coefficient (Wildman–Crippen LogP) is 1.73. The van der Waals surface area contributed by atoms with E-state index in [1.807, 2.05) is 0 Å². The lowest BCUT2D eigenvalue weighted by Crippen LogP contribution is -2.50. The van der Waals surface area contributed by atoms with E-state index in [9.17, 15) is 9.59 Å². The maximum absolute atomic E-state index is 11.9. The average Bonchev–Trinajstić information content (AvgIpc) is 2.27. The summed E-state index contributed by atoms with van der Waals surface area (Å²) in [5.74, 6) is -1.48. The Bertz CT molecular complexity index is 336. The minimum atomic E-state index is -0.890. The Morgan fingerprint density at radius 1 is 1.47 bits per heavy atom. The van der Waals surface area contributed by atoms with Gasteiger partial charge in [0.05, 0.1) is 25.2 Å². The van der Waals surface area contributed by atoms with Crippen LogP contribution in [-0.4, -0.2) is 53.5 Å². The second kappa shape index (κ2) is 6.23. The molecule has 1 fully saturated rings. The van der Waals surface area contributed by atoms with Crippen LogP contribution < -0.4 is 0 Å². The second-order valence-electron chi connectivity index (χ2n) is 5.69. The van der Waals surface area contributed by atoms with Crippen molar-refractivity contribution >= 4 is 12.1 Å². The fraction of sp³-hybridized carbons (Fsp3) is 0.846. The third kappa shape index (κ3) is 4.70. The first-order chi connectivity index (χ1) is 8.74. The van der Waals surface area contributed by atoms with Gasteiger partial charge in [-0.15, -0.1) is 0 Å². The zero-order valence-corrected chi connectivity index (χ0v) is 12.0. The fourth-order valence-electron chi connectivity index (χ4n) is 2.01. The molecule has 0 aromatic carbocycles. The van der Waals surface area contributed by atoms with Crippen LogP contribution >= 0.6 is 0 Å². The zero-order valence-electron chi connectivity index (χ0n) is 12.0. The highest BCUT2D eigenvalue weighted by Crippen LogP contribution is 2.19. The van der Waals surface area contributed by atoms with Crippen molar-refractivity contribution in [1.82, 2.24) is 4.90 Å². The number of rotatable bonds is 3. The average molecular weight is 273 g/mol. The molecule has 1 aliphatic heterocycles. The summed E-state index contributed by atoms with van der Waals surface area (Å²) in [6, 6.07) is 0. The van der Waals surface area contributed by atoms with Gasteiger partial charge in [-0.2, -0.15) is 0 Å². The molecule has 1 N–H and O–H groups in total. The fourth-order valence-corrected chi connectivity index (χ4v) is 2.01. The van der Waals surface area contributed by atoms with E-state index in [2.05, 4.69) is 0 Å². The molecule has 2 unspecified atom stereocenters. The largest absolute Gasteiger partial charge is 0.481 e. The van der Waals surface area contributed by atoms with Crippen molar-refractivity contribution in [3.05, 3.63) is 0 Å². The number of nitrogens with zero attached hydrogens (tertiary/aromatic N) is 1. The summed E-state index contributed by atoms with van der Waals surface area (Å²) in [5.41, 5.74) is -0.554. The Labute approximate surface area is 113 Å². The number of hydrogen-bond acceptors (Lipinski definition) is 4. The lowest BCUT2D eigenvalue weighted by Gasteiger charge is -2.36. The monoisotopic (exact) mass is 273 g/mol. The Morgan fingerprint density at radius 3 is 2.58 bits per heavy atom. The molecule has 0 bridgehead atoms. The van der Waals surface area contributed by atoms with Crippen LogP contribution in [0.15, 0.2) is 0 Å². The molecule has 6 heteroatoms. The maximum atomic E-state index is 11.9. The molecular weight excluding hydrogens is 250 g/mol. The van der Waals surface area contributed by atoms with Crippen molar-refractivity contribution in [3.63, 3.8) is 0 Å². The molecule has 0 spiro atoms. The summed E-state index contributed by atoms with van der Waals surface area (Å²) >= 11 is 0. The number of carbonyl (C=O) groups excluding carboxylic acids is 1. The van der Waals surface area contributed by atoms with Crippen LogP contribution in [0.2, 0.25) is 0 Å². The predicted molar refractivity (Wildman–Crippen MR) is 69.0 cm³/mol. The van der Waals surface area contributed by atoms with E-state index in [-0.39, 0.29) is 6.54 Å². The smallest absolute Gasteiger partial charge is 0.410 e. The van der Waals surface area contributed by atoms with Crippen LogP contribution in [0.25, 0.3) is 0 Å². The first kappa shape index (κ1) is 15.8. The third-order valence-corrected chi connectivity index (χ3v) is 2.95. The van der Waals surface area contributed by atoms with E-state index in [0.29, 0.717) is 19.6 Å². The Morgan fingerprint density at radius 2 is 2.11 bits per heavy atom. The number of carboxylic acids is 1. The molecule has 0 aromatic rings. The number of carboxylic acid groups (broad SMARTS) is 1. The molecule has 19 heavy (non-hydrogen) atoms. The van der Waals surface area contributed by atoms with Crippen molar-refractivity contribution in [1.29, 1.82) is 0 Å². The van der Waals surface area contributed by atoms with Gasteiger partial charge in [0, 0.05) is 6.54 Å². The summed E-state index contributed by atoms with van der Waals surface area (Å²) in [6.07, 6.45) is -0.410. The molecule has 1 rings (SSSR count). The highest BCUT2D eigenvalue weighted by molar-refractivity contribution is 5.71. The number of ether oxygens (including phenoxy) is 2. The lowest BCUT2D eigenvalue weighted by atomic mass is 9.98. The quantitative estimate of drug-likeness (QED) is 0.847. The minimum Gasteiger partial charge on any atom is -0.481 e. The molecule has 0 radical (unpaired) electrons. The molecule has 6 nitrogen and oxygen atoms in total. The number of aliphatic carboxylic acids is 1. The van der Waals surface area contributed by atoms with Gasteiger partial charge in [0.2, 0.25) is 0 Å². The van der Waals surface area contributed by atoms with Crippen molar-refractivity contribution in [3.8, 4) is 0 Å². The van der Waals surface area contributed by atoms with Gasteiger partial charge < -0.3 is 19.5 Å². The van der Waals surface area contributed by atoms with Crippen molar-refractivity contribution in [2.24, 2.45) is 5.92 Å². The molecule has 2 atom stereocenters. The zero-order chi connectivity index (χ0) is 14.6. The van der Waals surface area contributed by atoms with Gasteiger partial charge in [0.1, 0.15) is 5.60 Å². The van der Waals surface area contributed by atoms with Crippen molar-refractivity contribution in [2.75, 3.05) is 19.7 Å². The molecule has 0 saturated carbocycles. The summed E-state index contributed by atoms with van der Waals surface area (Å²) < 4.78 is 10.8. The normalized spacial score (nSPS) is 21.9. The van der Waals surface area contributed by atoms with E-state index >= 15 is 0 Å². The van der Waals surface area contributed by atoms with Crippen LogP contribution in [0.1, 0.15) is 34.1 Å².